The molecule has 1 heterocycles. The monoisotopic (exact) mass is 275 g/mol. The Morgan fingerprint density at radius 3 is 2.85 bits per heavy atom. The maximum Gasteiger partial charge on any atom is 0.251 e. The van der Waals surface area contributed by atoms with Crippen LogP contribution in [0.1, 0.15) is 30.6 Å². The number of amides is 1. The first-order valence-corrected chi connectivity index (χ1v) is 6.82. The number of aryl methyl sites for hydroxylation is 1. The molecule has 1 aromatic heterocycles. The normalized spacial score (nSPS) is 11.1. The molecule has 0 aliphatic carbocycles. The molecule has 0 fully saturated rings. The third-order valence-electron chi connectivity index (χ3n) is 3.24. The van der Waals surface area contributed by atoms with Gasteiger partial charge in [0.25, 0.3) is 5.91 Å². The minimum atomic E-state index is -0.0582. The van der Waals surface area contributed by atoms with Crippen molar-refractivity contribution in [3.8, 4) is 5.88 Å². The number of rotatable bonds is 5. The van der Waals surface area contributed by atoms with Gasteiger partial charge in [-0.3, -0.25) is 4.79 Å². The number of aromatic nitrogens is 2. The summed E-state index contributed by atoms with van der Waals surface area (Å²) in [6.07, 6.45) is 0.978. The molecular weight excluding hydrogens is 254 g/mol. The average molecular weight is 275 g/mol. The van der Waals surface area contributed by atoms with Crippen LogP contribution in [-0.4, -0.2) is 29.3 Å². The Bertz CT molecular complexity index is 617. The van der Waals surface area contributed by atoms with E-state index in [1.807, 2.05) is 13.1 Å². The van der Waals surface area contributed by atoms with Crippen molar-refractivity contribution in [2.75, 3.05) is 13.7 Å². The third kappa shape index (κ3) is 2.92. The average Bonchev–Trinajstić information content (AvgIpc) is 2.72. The van der Waals surface area contributed by atoms with Gasteiger partial charge < -0.3 is 10.1 Å². The Kier molecular flexibility index (Phi) is 4.27. The van der Waals surface area contributed by atoms with Crippen molar-refractivity contribution in [1.82, 2.24) is 15.1 Å². The van der Waals surface area contributed by atoms with E-state index in [0.29, 0.717) is 23.9 Å². The summed E-state index contributed by atoms with van der Waals surface area (Å²) in [7, 11) is 3.43. The van der Waals surface area contributed by atoms with Crippen molar-refractivity contribution in [2.24, 2.45) is 13.0 Å². The Balaban J connectivity index is 2.17. The van der Waals surface area contributed by atoms with E-state index in [2.05, 4.69) is 24.3 Å². The van der Waals surface area contributed by atoms with E-state index in [1.54, 1.807) is 23.9 Å². The summed E-state index contributed by atoms with van der Waals surface area (Å²) in [5, 5.41) is 8.18. The van der Waals surface area contributed by atoms with Crippen LogP contribution in [0.4, 0.5) is 0 Å². The maximum absolute atomic E-state index is 12.1. The zero-order chi connectivity index (χ0) is 14.7. The molecule has 20 heavy (non-hydrogen) atoms. The Hall–Kier alpha value is -2.04. The van der Waals surface area contributed by atoms with Crippen LogP contribution in [0.3, 0.4) is 0 Å². The largest absolute Gasteiger partial charge is 0.481 e. The van der Waals surface area contributed by atoms with E-state index in [-0.39, 0.29) is 5.91 Å². The number of fused-ring (bicyclic) bond motifs is 1. The molecular formula is C15H21N3O2. The number of benzene rings is 1. The number of hydrogen-bond donors (Lipinski definition) is 1. The lowest BCUT2D eigenvalue weighted by atomic mass is 10.1. The van der Waals surface area contributed by atoms with Crippen LogP contribution in [0.15, 0.2) is 18.2 Å². The van der Waals surface area contributed by atoms with Gasteiger partial charge in [0.1, 0.15) is 0 Å². The number of carbonyl (C=O) groups is 1. The van der Waals surface area contributed by atoms with Crippen LogP contribution in [0.2, 0.25) is 0 Å². The molecule has 0 aliphatic rings. The molecule has 1 N–H and O–H groups in total. The van der Waals surface area contributed by atoms with Crippen LogP contribution < -0.4 is 10.1 Å². The summed E-state index contributed by atoms with van der Waals surface area (Å²) in [6.45, 7) is 4.97. The smallest absolute Gasteiger partial charge is 0.251 e. The predicted molar refractivity (Wildman–Crippen MR) is 79.1 cm³/mol. The van der Waals surface area contributed by atoms with Crippen LogP contribution in [0.5, 0.6) is 5.88 Å². The second-order valence-electron chi connectivity index (χ2n) is 5.30. The van der Waals surface area contributed by atoms with Crippen molar-refractivity contribution in [3.05, 3.63) is 23.8 Å². The molecule has 2 rings (SSSR count). The Labute approximate surface area is 118 Å². The number of carbonyl (C=O) groups excluding carboxylic acids is 1. The lowest BCUT2D eigenvalue weighted by Gasteiger charge is -2.07. The first-order valence-electron chi connectivity index (χ1n) is 6.82. The molecule has 1 amide bonds. The second kappa shape index (κ2) is 5.94. The van der Waals surface area contributed by atoms with Gasteiger partial charge in [-0.15, -0.1) is 0 Å². The van der Waals surface area contributed by atoms with Crippen molar-refractivity contribution in [1.29, 1.82) is 0 Å². The fourth-order valence-corrected chi connectivity index (χ4v) is 2.14. The first kappa shape index (κ1) is 14.4. The molecule has 0 radical (unpaired) electrons. The number of nitrogens with one attached hydrogen (secondary N) is 1. The molecule has 0 atom stereocenters. The highest BCUT2D eigenvalue weighted by molar-refractivity contribution is 5.98. The van der Waals surface area contributed by atoms with Crippen molar-refractivity contribution in [3.63, 3.8) is 0 Å². The van der Waals surface area contributed by atoms with E-state index >= 15 is 0 Å². The molecule has 108 valence electrons. The molecule has 2 aromatic rings. The van der Waals surface area contributed by atoms with Crippen molar-refractivity contribution >= 4 is 16.8 Å². The molecule has 0 aliphatic heterocycles. The Morgan fingerprint density at radius 2 is 2.20 bits per heavy atom. The van der Waals surface area contributed by atoms with E-state index in [1.165, 1.54) is 0 Å². The van der Waals surface area contributed by atoms with E-state index in [4.69, 9.17) is 4.74 Å². The summed E-state index contributed by atoms with van der Waals surface area (Å²) >= 11 is 0. The van der Waals surface area contributed by atoms with Crippen molar-refractivity contribution < 1.29 is 9.53 Å². The zero-order valence-corrected chi connectivity index (χ0v) is 12.4. The van der Waals surface area contributed by atoms with Gasteiger partial charge in [0.2, 0.25) is 5.88 Å². The predicted octanol–water partition coefficient (Wildman–Crippen LogP) is 2.36. The molecule has 0 bridgehead atoms. The first-order chi connectivity index (χ1) is 9.52. The number of nitrogens with zero attached hydrogens (tertiary/aromatic N) is 2. The number of hydrogen-bond acceptors (Lipinski definition) is 3. The Morgan fingerprint density at radius 1 is 1.45 bits per heavy atom. The van der Waals surface area contributed by atoms with Gasteiger partial charge >= 0.3 is 0 Å². The van der Waals surface area contributed by atoms with Gasteiger partial charge in [-0.25, -0.2) is 4.68 Å². The second-order valence-corrected chi connectivity index (χ2v) is 5.30. The molecule has 0 saturated carbocycles. The van der Waals surface area contributed by atoms with Gasteiger partial charge in [0.05, 0.1) is 18.0 Å². The van der Waals surface area contributed by atoms with E-state index in [0.717, 1.165) is 17.3 Å². The molecule has 0 unspecified atom stereocenters. The van der Waals surface area contributed by atoms with Gasteiger partial charge in [0.15, 0.2) is 0 Å². The topological polar surface area (TPSA) is 56.1 Å². The van der Waals surface area contributed by atoms with Gasteiger partial charge in [-0.2, -0.15) is 5.10 Å². The third-order valence-corrected chi connectivity index (χ3v) is 3.24. The highest BCUT2D eigenvalue weighted by Gasteiger charge is 2.12. The molecule has 0 spiro atoms. The lowest BCUT2D eigenvalue weighted by molar-refractivity contribution is 0.0952. The zero-order valence-electron chi connectivity index (χ0n) is 12.4. The number of methoxy groups -OCH3 is 1. The summed E-state index contributed by atoms with van der Waals surface area (Å²) in [4.78, 5) is 12.1. The van der Waals surface area contributed by atoms with Crippen LogP contribution in [-0.2, 0) is 7.05 Å². The highest BCUT2D eigenvalue weighted by Crippen LogP contribution is 2.25. The molecule has 1 aromatic carbocycles. The van der Waals surface area contributed by atoms with E-state index < -0.39 is 0 Å². The fourth-order valence-electron chi connectivity index (χ4n) is 2.14. The summed E-state index contributed by atoms with van der Waals surface area (Å²) in [6, 6.07) is 5.47. The fraction of sp³-hybridized carbons (Fsp3) is 0.467. The molecule has 0 saturated heterocycles. The van der Waals surface area contributed by atoms with Crippen LogP contribution >= 0.6 is 0 Å². The minimum absolute atomic E-state index is 0.0582. The van der Waals surface area contributed by atoms with Gasteiger partial charge in [-0.1, -0.05) is 13.8 Å². The minimum Gasteiger partial charge on any atom is -0.481 e. The summed E-state index contributed by atoms with van der Waals surface area (Å²) < 4.78 is 6.96. The van der Waals surface area contributed by atoms with Crippen LogP contribution in [0.25, 0.3) is 10.9 Å². The number of ether oxygens (including phenoxy) is 1. The SMILES string of the molecule is COc1c2ccc(C(=O)NCCC(C)C)cc2nn1C. The molecule has 5 nitrogen and oxygen atoms in total. The van der Waals surface area contributed by atoms with Gasteiger partial charge in [0, 0.05) is 19.2 Å². The lowest BCUT2D eigenvalue weighted by Crippen LogP contribution is -2.25. The van der Waals surface area contributed by atoms with E-state index in [9.17, 15) is 4.79 Å². The molecule has 5 heteroatoms. The maximum atomic E-state index is 12.1. The van der Waals surface area contributed by atoms with Gasteiger partial charge in [-0.05, 0) is 30.5 Å². The van der Waals surface area contributed by atoms with Crippen LogP contribution in [0, 0.1) is 5.92 Å². The summed E-state index contributed by atoms with van der Waals surface area (Å²) in [5.74, 6) is 1.22. The standard InChI is InChI=1S/C15H21N3O2/c1-10(2)7-8-16-14(19)11-5-6-12-13(9-11)17-18(3)15(12)20-4/h5-6,9-10H,7-8H2,1-4H3,(H,16,19). The quantitative estimate of drug-likeness (QED) is 0.911. The van der Waals surface area contributed by atoms with Crippen molar-refractivity contribution in [2.45, 2.75) is 20.3 Å². The summed E-state index contributed by atoms with van der Waals surface area (Å²) in [5.41, 5.74) is 1.39. The highest BCUT2D eigenvalue weighted by atomic mass is 16.5.